The molecule has 182 valence electrons. The van der Waals surface area contributed by atoms with E-state index in [1.54, 1.807) is 6.07 Å². The average Bonchev–Trinajstić information content (AvgIpc) is 3.38. The molecule has 2 aromatic carbocycles. The lowest BCUT2D eigenvalue weighted by atomic mass is 9.93. The molecule has 1 aliphatic carbocycles. The maximum absolute atomic E-state index is 14.5. The summed E-state index contributed by atoms with van der Waals surface area (Å²) in [5.41, 5.74) is 3.79. The molecule has 34 heavy (non-hydrogen) atoms. The van der Waals surface area contributed by atoms with Crippen molar-refractivity contribution in [3.8, 4) is 11.5 Å². The van der Waals surface area contributed by atoms with E-state index in [0.29, 0.717) is 24.7 Å². The smallest absolute Gasteiger partial charge is 0.304 e. The second kappa shape index (κ2) is 9.17. The van der Waals surface area contributed by atoms with Gasteiger partial charge in [-0.2, -0.15) is 0 Å². The summed E-state index contributed by atoms with van der Waals surface area (Å²) < 4.78 is 41.1. The number of rotatable bonds is 7. The SMILES string of the molecule is CC(F)(F)c1ccc2c(c1CN1CCCCC1)CC[C@H]2Oc1ccc2c(c1)OC[C@H]2CC(=O)O. The van der Waals surface area contributed by atoms with Gasteiger partial charge in [0.1, 0.15) is 17.6 Å². The Morgan fingerprint density at radius 3 is 2.68 bits per heavy atom. The minimum atomic E-state index is -2.89. The van der Waals surface area contributed by atoms with Crippen LogP contribution in [0, 0.1) is 0 Å². The van der Waals surface area contributed by atoms with Gasteiger partial charge in [0.15, 0.2) is 0 Å². The molecule has 2 aliphatic heterocycles. The van der Waals surface area contributed by atoms with Crippen LogP contribution in [0.3, 0.4) is 0 Å². The predicted octanol–water partition coefficient (Wildman–Crippen LogP) is 5.80. The van der Waals surface area contributed by atoms with Crippen molar-refractivity contribution in [1.82, 2.24) is 4.90 Å². The van der Waals surface area contributed by atoms with E-state index in [4.69, 9.17) is 14.6 Å². The van der Waals surface area contributed by atoms with Gasteiger partial charge in [0.2, 0.25) is 0 Å². The van der Waals surface area contributed by atoms with Gasteiger partial charge in [-0.3, -0.25) is 9.69 Å². The quantitative estimate of drug-likeness (QED) is 0.553. The topological polar surface area (TPSA) is 59.0 Å². The van der Waals surface area contributed by atoms with Crippen LogP contribution in [0.5, 0.6) is 11.5 Å². The second-order valence-electron chi connectivity index (χ2n) is 9.84. The minimum Gasteiger partial charge on any atom is -0.492 e. The highest BCUT2D eigenvalue weighted by Crippen LogP contribution is 2.44. The van der Waals surface area contributed by atoms with E-state index >= 15 is 0 Å². The van der Waals surface area contributed by atoms with Crippen molar-refractivity contribution in [2.24, 2.45) is 0 Å². The maximum atomic E-state index is 14.5. The summed E-state index contributed by atoms with van der Waals surface area (Å²) in [7, 11) is 0. The highest BCUT2D eigenvalue weighted by atomic mass is 19.3. The van der Waals surface area contributed by atoms with Gasteiger partial charge >= 0.3 is 5.97 Å². The number of hydrogen-bond donors (Lipinski definition) is 1. The largest absolute Gasteiger partial charge is 0.492 e. The molecule has 0 radical (unpaired) electrons. The van der Waals surface area contributed by atoms with E-state index in [1.165, 1.54) is 6.42 Å². The van der Waals surface area contributed by atoms with Crippen LogP contribution >= 0.6 is 0 Å². The molecule has 7 heteroatoms. The van der Waals surface area contributed by atoms with Crippen LogP contribution < -0.4 is 9.47 Å². The number of alkyl halides is 2. The number of benzene rings is 2. The monoisotopic (exact) mass is 471 g/mol. The van der Waals surface area contributed by atoms with Gasteiger partial charge in [0.25, 0.3) is 5.92 Å². The molecule has 2 atom stereocenters. The molecule has 0 unspecified atom stereocenters. The van der Waals surface area contributed by atoms with Crippen molar-refractivity contribution in [3.05, 3.63) is 58.1 Å². The first kappa shape index (κ1) is 23.1. The number of carbonyl (C=O) groups is 1. The number of aliphatic carboxylic acids is 1. The molecule has 1 N–H and O–H groups in total. The molecule has 2 aromatic rings. The number of piperidine rings is 1. The van der Waals surface area contributed by atoms with E-state index in [1.807, 2.05) is 24.3 Å². The first-order valence-corrected chi connectivity index (χ1v) is 12.2. The normalized spacial score (nSPS) is 22.2. The average molecular weight is 472 g/mol. The Balaban J connectivity index is 1.39. The number of nitrogens with zero attached hydrogens (tertiary/aromatic N) is 1. The van der Waals surface area contributed by atoms with Crippen LogP contribution in [0.1, 0.15) is 78.9 Å². The van der Waals surface area contributed by atoms with Crippen molar-refractivity contribution < 1.29 is 28.2 Å². The van der Waals surface area contributed by atoms with Crippen LogP contribution in [0.15, 0.2) is 30.3 Å². The summed E-state index contributed by atoms with van der Waals surface area (Å²) in [6.45, 7) is 3.81. The summed E-state index contributed by atoms with van der Waals surface area (Å²) in [4.78, 5) is 13.4. The number of carboxylic acid groups (broad SMARTS) is 1. The lowest BCUT2D eigenvalue weighted by Crippen LogP contribution is -2.30. The third-order valence-electron chi connectivity index (χ3n) is 7.34. The highest BCUT2D eigenvalue weighted by Gasteiger charge is 2.35. The molecule has 0 bridgehead atoms. The fourth-order valence-electron chi connectivity index (χ4n) is 5.67. The number of halogens is 2. The lowest BCUT2D eigenvalue weighted by molar-refractivity contribution is -0.137. The Bertz CT molecular complexity index is 1080. The van der Waals surface area contributed by atoms with Crippen molar-refractivity contribution in [2.75, 3.05) is 19.7 Å². The highest BCUT2D eigenvalue weighted by molar-refractivity contribution is 5.68. The Morgan fingerprint density at radius 1 is 1.18 bits per heavy atom. The number of hydrogen-bond acceptors (Lipinski definition) is 4. The lowest BCUT2D eigenvalue weighted by Gasteiger charge is -2.29. The van der Waals surface area contributed by atoms with Gasteiger partial charge in [0.05, 0.1) is 13.0 Å². The predicted molar refractivity (Wildman–Crippen MR) is 124 cm³/mol. The van der Waals surface area contributed by atoms with E-state index < -0.39 is 11.9 Å². The number of ether oxygens (including phenoxy) is 2. The van der Waals surface area contributed by atoms with Gasteiger partial charge in [0, 0.05) is 36.6 Å². The fraction of sp³-hybridized carbons (Fsp3) is 0.519. The number of likely N-dealkylation sites (tertiary alicyclic amines) is 1. The molecule has 1 saturated heterocycles. The summed E-state index contributed by atoms with van der Waals surface area (Å²) in [5, 5.41) is 9.10. The summed E-state index contributed by atoms with van der Waals surface area (Å²) in [5.74, 6) is -2.58. The Kier molecular flexibility index (Phi) is 6.23. The Morgan fingerprint density at radius 2 is 1.94 bits per heavy atom. The Hall–Kier alpha value is -2.67. The van der Waals surface area contributed by atoms with Gasteiger partial charge in [-0.25, -0.2) is 8.78 Å². The van der Waals surface area contributed by atoms with Gasteiger partial charge in [-0.15, -0.1) is 0 Å². The Labute approximate surface area is 198 Å². The summed E-state index contributed by atoms with van der Waals surface area (Å²) in [6.07, 6.45) is 4.73. The van der Waals surface area contributed by atoms with Crippen LogP contribution in [-0.4, -0.2) is 35.7 Å². The third kappa shape index (κ3) is 4.63. The third-order valence-corrected chi connectivity index (χ3v) is 7.34. The van der Waals surface area contributed by atoms with E-state index in [2.05, 4.69) is 4.90 Å². The molecular formula is C27H31F2NO4. The molecule has 1 fully saturated rings. The molecule has 0 saturated carbocycles. The van der Waals surface area contributed by atoms with Crippen molar-refractivity contribution in [1.29, 1.82) is 0 Å². The van der Waals surface area contributed by atoms with Gasteiger partial charge < -0.3 is 14.6 Å². The van der Waals surface area contributed by atoms with Crippen molar-refractivity contribution >= 4 is 5.97 Å². The van der Waals surface area contributed by atoms with E-state index in [9.17, 15) is 13.6 Å². The second-order valence-corrected chi connectivity index (χ2v) is 9.84. The summed E-state index contributed by atoms with van der Waals surface area (Å²) in [6, 6.07) is 8.94. The van der Waals surface area contributed by atoms with Crippen molar-refractivity contribution in [2.45, 2.75) is 69.9 Å². The maximum Gasteiger partial charge on any atom is 0.304 e. The molecule has 3 aliphatic rings. The molecule has 2 heterocycles. The van der Waals surface area contributed by atoms with Crippen molar-refractivity contribution in [3.63, 3.8) is 0 Å². The zero-order valence-corrected chi connectivity index (χ0v) is 19.5. The molecular weight excluding hydrogens is 440 g/mol. The zero-order chi connectivity index (χ0) is 23.9. The number of carboxylic acids is 1. The van der Waals surface area contributed by atoms with Gasteiger partial charge in [-0.05, 0) is 61.5 Å². The zero-order valence-electron chi connectivity index (χ0n) is 19.5. The molecule has 0 spiro atoms. The first-order valence-electron chi connectivity index (χ1n) is 12.2. The van der Waals surface area contributed by atoms with E-state index in [0.717, 1.165) is 68.0 Å². The minimum absolute atomic E-state index is 0.0351. The number of fused-ring (bicyclic) bond motifs is 2. The molecule has 5 rings (SSSR count). The molecule has 5 nitrogen and oxygen atoms in total. The standard InChI is InChI=1S/C27H31F2NO4/c1-27(28,29)23-9-7-21-20(22(23)15-30-11-3-2-4-12-30)8-10-24(21)34-18-5-6-19-17(13-26(31)32)16-33-25(19)14-18/h5-7,9,14,17,24H,2-4,8,10-13,15-16H2,1H3,(H,31,32)/t17-,24-/m1/s1. The summed E-state index contributed by atoms with van der Waals surface area (Å²) >= 11 is 0. The first-order chi connectivity index (χ1) is 16.3. The molecule has 0 amide bonds. The van der Waals surface area contributed by atoms with Crippen LogP contribution in [-0.2, 0) is 23.7 Å². The van der Waals surface area contributed by atoms with E-state index in [-0.39, 0.29) is 24.0 Å². The molecule has 0 aromatic heterocycles. The van der Waals surface area contributed by atoms with Crippen LogP contribution in [0.25, 0.3) is 0 Å². The van der Waals surface area contributed by atoms with Crippen LogP contribution in [0.4, 0.5) is 8.78 Å². The van der Waals surface area contributed by atoms with Gasteiger partial charge in [-0.1, -0.05) is 24.6 Å². The fourth-order valence-corrected chi connectivity index (χ4v) is 5.67. The van der Waals surface area contributed by atoms with Crippen LogP contribution in [0.2, 0.25) is 0 Å².